The van der Waals surface area contributed by atoms with Crippen LogP contribution in [0.1, 0.15) is 12.0 Å². The van der Waals surface area contributed by atoms with E-state index in [1.54, 1.807) is 12.1 Å². The van der Waals surface area contributed by atoms with Gasteiger partial charge in [0.05, 0.1) is 11.7 Å². The number of phenolic OH excluding ortho intramolecular Hbond substituents is 1. The van der Waals surface area contributed by atoms with E-state index in [-0.39, 0.29) is 18.1 Å². The van der Waals surface area contributed by atoms with Crippen LogP contribution in [0.3, 0.4) is 0 Å². The highest BCUT2D eigenvalue weighted by Crippen LogP contribution is 2.38. The van der Waals surface area contributed by atoms with Crippen LogP contribution >= 0.6 is 0 Å². The quantitative estimate of drug-likeness (QED) is 0.386. The highest BCUT2D eigenvalue weighted by Gasteiger charge is 2.31. The minimum atomic E-state index is -4.55. The van der Waals surface area contributed by atoms with Gasteiger partial charge < -0.3 is 26.0 Å². The number of nitrogens with zero attached hydrogens (tertiary/aromatic N) is 2. The highest BCUT2D eigenvalue weighted by molar-refractivity contribution is 6.00. The van der Waals surface area contributed by atoms with Gasteiger partial charge in [-0.3, -0.25) is 4.79 Å². The van der Waals surface area contributed by atoms with E-state index in [4.69, 9.17) is 9.90 Å². The molecule has 1 fully saturated rings. The van der Waals surface area contributed by atoms with E-state index >= 15 is 0 Å². The summed E-state index contributed by atoms with van der Waals surface area (Å²) in [5.74, 6) is -0.00348. The van der Waals surface area contributed by atoms with Gasteiger partial charge in [-0.1, -0.05) is 24.3 Å². The maximum atomic E-state index is 12.9. The standard InChI is InChI=1S/C20H19F3N4O2.CH2O2/c21-20(22,23)11-5-6-16(17(29)7-11)18-14-3-1-2-4-15(14)19(27-26-18)25-12-8-13(28)10-24-9-12;2-1-3/h1-7,12-13,24,28-29H,8-10H2,(H,25,27);1H,(H,2,3)/t12-,13+;/m1./s1. The summed E-state index contributed by atoms with van der Waals surface area (Å²) >= 11 is 0. The van der Waals surface area contributed by atoms with E-state index < -0.39 is 23.6 Å². The number of hydrogen-bond donors (Lipinski definition) is 5. The van der Waals surface area contributed by atoms with Crippen LogP contribution < -0.4 is 10.6 Å². The molecule has 2 heterocycles. The lowest BCUT2D eigenvalue weighted by Crippen LogP contribution is -2.45. The number of fused-ring (bicyclic) bond motifs is 1. The minimum Gasteiger partial charge on any atom is -0.507 e. The minimum absolute atomic E-state index is 0.0400. The van der Waals surface area contributed by atoms with Gasteiger partial charge in [0, 0.05) is 35.5 Å². The van der Waals surface area contributed by atoms with E-state index in [9.17, 15) is 23.4 Å². The molecule has 32 heavy (non-hydrogen) atoms. The molecule has 4 rings (SSSR count). The van der Waals surface area contributed by atoms with Crippen LogP contribution in [0.15, 0.2) is 42.5 Å². The Morgan fingerprint density at radius 3 is 2.41 bits per heavy atom. The molecule has 5 N–H and O–H groups in total. The van der Waals surface area contributed by atoms with E-state index in [1.807, 2.05) is 12.1 Å². The van der Waals surface area contributed by atoms with Gasteiger partial charge in [-0.05, 0) is 24.6 Å². The maximum Gasteiger partial charge on any atom is 0.416 e. The van der Waals surface area contributed by atoms with Gasteiger partial charge in [0.2, 0.25) is 0 Å². The number of nitrogens with one attached hydrogen (secondary N) is 2. The molecule has 1 aromatic heterocycles. The maximum absolute atomic E-state index is 12.9. The second-order valence-electron chi connectivity index (χ2n) is 7.17. The van der Waals surface area contributed by atoms with Crippen molar-refractivity contribution in [2.24, 2.45) is 0 Å². The van der Waals surface area contributed by atoms with Gasteiger partial charge in [0.25, 0.3) is 6.47 Å². The Morgan fingerprint density at radius 2 is 1.78 bits per heavy atom. The van der Waals surface area contributed by atoms with Crippen LogP contribution in [0.4, 0.5) is 19.0 Å². The highest BCUT2D eigenvalue weighted by atomic mass is 19.4. The number of anilines is 1. The number of carboxylic acid groups (broad SMARTS) is 1. The molecule has 11 heteroatoms. The molecule has 1 aliphatic heterocycles. The molecule has 0 spiro atoms. The van der Waals surface area contributed by atoms with Crippen molar-refractivity contribution < 1.29 is 33.3 Å². The number of aliphatic hydroxyl groups excluding tert-OH is 1. The van der Waals surface area contributed by atoms with Crippen molar-refractivity contribution in [1.82, 2.24) is 15.5 Å². The van der Waals surface area contributed by atoms with Crippen LogP contribution in [-0.2, 0) is 11.0 Å². The molecule has 0 amide bonds. The lowest BCUT2D eigenvalue weighted by molar-refractivity contribution is -0.137. The number of aromatic hydroxyl groups is 1. The normalized spacial score (nSPS) is 18.5. The Balaban J connectivity index is 0.000000913. The second kappa shape index (κ2) is 9.79. The predicted octanol–water partition coefficient (Wildman–Crippen LogP) is 2.86. The summed E-state index contributed by atoms with van der Waals surface area (Å²) in [7, 11) is 0. The third-order valence-electron chi connectivity index (χ3n) is 4.94. The van der Waals surface area contributed by atoms with E-state index in [0.29, 0.717) is 42.5 Å². The SMILES string of the molecule is O=CO.Oc1cc(C(F)(F)F)ccc1-c1nnc(N[C@H]2CNC[C@@H](O)C2)c2ccccc12. The Bertz CT molecular complexity index is 1090. The van der Waals surface area contributed by atoms with Crippen LogP contribution in [0.5, 0.6) is 5.75 Å². The molecule has 0 aliphatic carbocycles. The monoisotopic (exact) mass is 450 g/mol. The molecule has 1 aliphatic rings. The lowest BCUT2D eigenvalue weighted by Gasteiger charge is -2.28. The van der Waals surface area contributed by atoms with Gasteiger partial charge in [0.1, 0.15) is 11.4 Å². The van der Waals surface area contributed by atoms with E-state index in [2.05, 4.69) is 20.8 Å². The van der Waals surface area contributed by atoms with Crippen molar-refractivity contribution in [3.05, 3.63) is 48.0 Å². The molecule has 170 valence electrons. The molecule has 1 saturated heterocycles. The number of aromatic nitrogens is 2. The summed E-state index contributed by atoms with van der Waals surface area (Å²) in [5, 5.41) is 43.1. The van der Waals surface area contributed by atoms with Crippen LogP contribution in [0.25, 0.3) is 22.0 Å². The van der Waals surface area contributed by atoms with Crippen LogP contribution in [0, 0.1) is 0 Å². The molecular formula is C21H21F3N4O4. The van der Waals surface area contributed by atoms with Gasteiger partial charge in [-0.15, -0.1) is 10.2 Å². The fourth-order valence-corrected chi connectivity index (χ4v) is 3.54. The fraction of sp³-hybridized carbons (Fsp3) is 0.286. The Kier molecular flexibility index (Phi) is 7.11. The summed E-state index contributed by atoms with van der Waals surface area (Å²) in [6.45, 7) is 0.950. The van der Waals surface area contributed by atoms with Crippen LogP contribution in [-0.4, -0.2) is 57.2 Å². The van der Waals surface area contributed by atoms with Gasteiger partial charge in [-0.2, -0.15) is 13.2 Å². The average Bonchev–Trinajstić information content (AvgIpc) is 2.74. The number of hydrogen-bond acceptors (Lipinski definition) is 7. The first kappa shape index (κ1) is 23.2. The zero-order valence-electron chi connectivity index (χ0n) is 16.7. The second-order valence-corrected chi connectivity index (χ2v) is 7.17. The van der Waals surface area contributed by atoms with Crippen molar-refractivity contribution in [2.75, 3.05) is 18.4 Å². The van der Waals surface area contributed by atoms with Gasteiger partial charge >= 0.3 is 6.18 Å². The van der Waals surface area contributed by atoms with Crippen molar-refractivity contribution >= 4 is 23.1 Å². The van der Waals surface area contributed by atoms with E-state index in [1.165, 1.54) is 6.07 Å². The largest absolute Gasteiger partial charge is 0.507 e. The number of piperidine rings is 1. The first-order valence-corrected chi connectivity index (χ1v) is 9.63. The number of β-amino-alcohol motifs (C(OH)–C–C–N with tert-alkyl or cyclic N) is 1. The first-order chi connectivity index (χ1) is 15.2. The number of phenols is 1. The van der Waals surface area contributed by atoms with Crippen molar-refractivity contribution in [1.29, 1.82) is 0 Å². The number of rotatable bonds is 3. The summed E-state index contributed by atoms with van der Waals surface area (Å²) in [6, 6.07) is 9.95. The topological polar surface area (TPSA) is 128 Å². The molecular weight excluding hydrogens is 429 g/mol. The molecule has 0 unspecified atom stereocenters. The Morgan fingerprint density at radius 1 is 1.09 bits per heavy atom. The third kappa shape index (κ3) is 5.24. The Labute approximate surface area is 180 Å². The number of alkyl halides is 3. The smallest absolute Gasteiger partial charge is 0.416 e. The molecule has 2 atom stereocenters. The molecule has 3 aromatic rings. The fourth-order valence-electron chi connectivity index (χ4n) is 3.54. The zero-order valence-corrected chi connectivity index (χ0v) is 16.7. The number of halogens is 3. The molecule has 0 bridgehead atoms. The summed E-state index contributed by atoms with van der Waals surface area (Å²) in [6.07, 6.45) is -4.44. The van der Waals surface area contributed by atoms with Crippen molar-refractivity contribution in [3.8, 4) is 17.0 Å². The molecule has 8 nitrogen and oxygen atoms in total. The summed E-state index contributed by atoms with van der Waals surface area (Å²) in [4.78, 5) is 8.36. The van der Waals surface area contributed by atoms with Crippen molar-refractivity contribution in [2.45, 2.75) is 24.7 Å². The zero-order chi connectivity index (χ0) is 23.3. The van der Waals surface area contributed by atoms with Crippen LogP contribution in [0.2, 0.25) is 0 Å². The molecule has 0 saturated carbocycles. The Hall–Kier alpha value is -3.44. The number of carbonyl (C=O) groups is 1. The lowest BCUT2D eigenvalue weighted by atomic mass is 10.0. The third-order valence-corrected chi connectivity index (χ3v) is 4.94. The first-order valence-electron chi connectivity index (χ1n) is 9.63. The van der Waals surface area contributed by atoms with E-state index in [0.717, 1.165) is 11.5 Å². The summed E-state index contributed by atoms with van der Waals surface area (Å²) in [5.41, 5.74) is -0.472. The summed E-state index contributed by atoms with van der Waals surface area (Å²) < 4.78 is 38.7. The number of benzene rings is 2. The van der Waals surface area contributed by atoms with Crippen molar-refractivity contribution in [3.63, 3.8) is 0 Å². The van der Waals surface area contributed by atoms with Gasteiger partial charge in [-0.25, -0.2) is 0 Å². The predicted molar refractivity (Wildman–Crippen MR) is 111 cm³/mol. The molecule has 2 aromatic carbocycles. The van der Waals surface area contributed by atoms with Gasteiger partial charge in [0.15, 0.2) is 5.82 Å². The number of aliphatic hydroxyl groups is 1. The molecule has 0 radical (unpaired) electrons. The average molecular weight is 450 g/mol.